The SMILES string of the molecule is C=CCOc1ccccc1CN=C(NCC)NCC(C)CN1CCN(CC)CC1. The van der Waals surface area contributed by atoms with Crippen molar-refractivity contribution in [1.82, 2.24) is 20.4 Å². The largest absolute Gasteiger partial charge is 0.489 e. The highest BCUT2D eigenvalue weighted by molar-refractivity contribution is 5.79. The van der Waals surface area contributed by atoms with Gasteiger partial charge in [0.2, 0.25) is 0 Å². The quantitative estimate of drug-likeness (QED) is 0.339. The number of para-hydroxylation sites is 1. The van der Waals surface area contributed by atoms with Crippen LogP contribution in [0.5, 0.6) is 5.75 Å². The van der Waals surface area contributed by atoms with E-state index in [1.165, 1.54) is 26.2 Å². The first kappa shape index (κ1) is 23.2. The van der Waals surface area contributed by atoms with Crippen LogP contribution in [0.1, 0.15) is 26.3 Å². The van der Waals surface area contributed by atoms with E-state index in [9.17, 15) is 0 Å². The molecule has 1 heterocycles. The lowest BCUT2D eigenvalue weighted by molar-refractivity contribution is 0.124. The number of aliphatic imine (C=N–C) groups is 1. The molecule has 29 heavy (non-hydrogen) atoms. The summed E-state index contributed by atoms with van der Waals surface area (Å²) in [5.41, 5.74) is 1.08. The number of nitrogens with zero attached hydrogens (tertiary/aromatic N) is 3. The van der Waals surface area contributed by atoms with Crippen molar-refractivity contribution >= 4 is 5.96 Å². The predicted molar refractivity (Wildman–Crippen MR) is 123 cm³/mol. The second-order valence-electron chi connectivity index (χ2n) is 7.62. The van der Waals surface area contributed by atoms with Gasteiger partial charge in [-0.2, -0.15) is 0 Å². The summed E-state index contributed by atoms with van der Waals surface area (Å²) in [6.07, 6.45) is 1.76. The molecule has 0 spiro atoms. The fourth-order valence-electron chi connectivity index (χ4n) is 3.49. The normalized spacial score (nSPS) is 17.0. The minimum atomic E-state index is 0.503. The molecule has 2 N–H and O–H groups in total. The summed E-state index contributed by atoms with van der Waals surface area (Å²) in [6, 6.07) is 8.04. The number of hydrogen-bond donors (Lipinski definition) is 2. The van der Waals surface area contributed by atoms with Crippen molar-refractivity contribution in [3.8, 4) is 5.75 Å². The molecule has 0 aromatic heterocycles. The minimum absolute atomic E-state index is 0.503. The van der Waals surface area contributed by atoms with Crippen LogP contribution >= 0.6 is 0 Å². The summed E-state index contributed by atoms with van der Waals surface area (Å²) in [6.45, 7) is 20.2. The van der Waals surface area contributed by atoms with Crippen molar-refractivity contribution < 1.29 is 4.74 Å². The second kappa shape index (κ2) is 13.2. The monoisotopic (exact) mass is 401 g/mol. The van der Waals surface area contributed by atoms with Gasteiger partial charge in [-0.3, -0.25) is 0 Å². The van der Waals surface area contributed by atoms with Gasteiger partial charge in [0.05, 0.1) is 6.54 Å². The molecule has 6 nitrogen and oxygen atoms in total. The number of ether oxygens (including phenoxy) is 1. The van der Waals surface area contributed by atoms with Crippen molar-refractivity contribution in [3.63, 3.8) is 0 Å². The third kappa shape index (κ3) is 8.46. The summed E-state index contributed by atoms with van der Waals surface area (Å²) in [4.78, 5) is 9.86. The van der Waals surface area contributed by atoms with Crippen LogP contribution in [0.2, 0.25) is 0 Å². The average Bonchev–Trinajstić information content (AvgIpc) is 2.75. The van der Waals surface area contributed by atoms with Gasteiger partial charge in [-0.1, -0.05) is 44.7 Å². The Labute approximate surface area is 177 Å². The topological polar surface area (TPSA) is 52.1 Å². The zero-order valence-electron chi connectivity index (χ0n) is 18.5. The van der Waals surface area contributed by atoms with Crippen LogP contribution in [-0.4, -0.2) is 74.7 Å². The number of likely N-dealkylation sites (N-methyl/N-ethyl adjacent to an activating group) is 1. The smallest absolute Gasteiger partial charge is 0.191 e. The van der Waals surface area contributed by atoms with Crippen LogP contribution in [0.4, 0.5) is 0 Å². The maximum atomic E-state index is 5.74. The molecule has 0 saturated carbocycles. The molecule has 1 unspecified atom stereocenters. The van der Waals surface area contributed by atoms with Crippen molar-refractivity contribution in [2.24, 2.45) is 10.9 Å². The highest BCUT2D eigenvalue weighted by Crippen LogP contribution is 2.18. The van der Waals surface area contributed by atoms with Crippen molar-refractivity contribution in [1.29, 1.82) is 0 Å². The molecule has 1 aliphatic heterocycles. The van der Waals surface area contributed by atoms with Crippen molar-refractivity contribution in [2.75, 3.05) is 59.0 Å². The fraction of sp³-hybridized carbons (Fsp3) is 0.609. The van der Waals surface area contributed by atoms with E-state index in [1.54, 1.807) is 6.08 Å². The summed E-state index contributed by atoms with van der Waals surface area (Å²) >= 11 is 0. The molecule has 0 amide bonds. The molecular weight excluding hydrogens is 362 g/mol. The molecule has 1 fully saturated rings. The Bertz CT molecular complexity index is 625. The molecule has 0 bridgehead atoms. The van der Waals surface area contributed by atoms with Crippen LogP contribution in [0, 0.1) is 5.92 Å². The third-order valence-electron chi connectivity index (χ3n) is 5.18. The second-order valence-corrected chi connectivity index (χ2v) is 7.62. The van der Waals surface area contributed by atoms with Gasteiger partial charge in [-0.25, -0.2) is 4.99 Å². The van der Waals surface area contributed by atoms with E-state index >= 15 is 0 Å². The summed E-state index contributed by atoms with van der Waals surface area (Å²) in [5.74, 6) is 2.29. The van der Waals surface area contributed by atoms with Crippen LogP contribution in [0.25, 0.3) is 0 Å². The molecule has 0 aliphatic carbocycles. The van der Waals surface area contributed by atoms with Gasteiger partial charge >= 0.3 is 0 Å². The number of piperazine rings is 1. The van der Waals surface area contributed by atoms with E-state index in [1.807, 2.05) is 18.2 Å². The maximum absolute atomic E-state index is 5.74. The first-order valence-corrected chi connectivity index (χ1v) is 10.9. The van der Waals surface area contributed by atoms with Crippen LogP contribution in [0.15, 0.2) is 41.9 Å². The van der Waals surface area contributed by atoms with Gasteiger partial charge in [-0.15, -0.1) is 0 Å². The first-order valence-electron chi connectivity index (χ1n) is 10.9. The van der Waals surface area contributed by atoms with Gasteiger partial charge < -0.3 is 25.2 Å². The first-order chi connectivity index (χ1) is 14.2. The van der Waals surface area contributed by atoms with Crippen molar-refractivity contribution in [2.45, 2.75) is 27.3 Å². The molecule has 1 aromatic rings. The van der Waals surface area contributed by atoms with Gasteiger partial charge in [0.1, 0.15) is 12.4 Å². The van der Waals surface area contributed by atoms with E-state index in [-0.39, 0.29) is 0 Å². The summed E-state index contributed by atoms with van der Waals surface area (Å²) < 4.78 is 5.74. The van der Waals surface area contributed by atoms with E-state index < -0.39 is 0 Å². The Kier molecular flexibility index (Phi) is 10.6. The van der Waals surface area contributed by atoms with Gasteiger partial charge in [0.15, 0.2) is 5.96 Å². The standard InChI is InChI=1S/C23H39N5O/c1-5-16-29-22-11-9-8-10-21(22)18-26-23(24-6-2)25-17-20(4)19-28-14-12-27(7-3)13-15-28/h5,8-11,20H,1,6-7,12-19H2,2-4H3,(H2,24,25,26). The van der Waals surface area contributed by atoms with E-state index in [2.05, 4.69) is 53.8 Å². The zero-order valence-corrected chi connectivity index (χ0v) is 18.5. The van der Waals surface area contributed by atoms with Gasteiger partial charge in [0.25, 0.3) is 0 Å². The average molecular weight is 402 g/mol. The highest BCUT2D eigenvalue weighted by Gasteiger charge is 2.17. The van der Waals surface area contributed by atoms with E-state index in [0.29, 0.717) is 19.1 Å². The number of nitrogens with one attached hydrogen (secondary N) is 2. The van der Waals surface area contributed by atoms with Gasteiger partial charge in [0, 0.05) is 51.4 Å². The number of guanidine groups is 1. The minimum Gasteiger partial charge on any atom is -0.489 e. The van der Waals surface area contributed by atoms with Crippen LogP contribution in [-0.2, 0) is 6.54 Å². The molecule has 1 aromatic carbocycles. The third-order valence-corrected chi connectivity index (χ3v) is 5.18. The van der Waals surface area contributed by atoms with Crippen LogP contribution < -0.4 is 15.4 Å². The predicted octanol–water partition coefficient (Wildman–Crippen LogP) is 2.58. The molecule has 1 saturated heterocycles. The summed E-state index contributed by atoms with van der Waals surface area (Å²) in [7, 11) is 0. The molecule has 1 aliphatic rings. The lowest BCUT2D eigenvalue weighted by Crippen LogP contribution is -2.48. The maximum Gasteiger partial charge on any atom is 0.191 e. The number of hydrogen-bond acceptors (Lipinski definition) is 4. The Balaban J connectivity index is 1.84. The Morgan fingerprint density at radius 2 is 1.90 bits per heavy atom. The lowest BCUT2D eigenvalue weighted by Gasteiger charge is -2.35. The zero-order chi connectivity index (χ0) is 20.9. The molecular formula is C23H39N5O. The number of rotatable bonds is 11. The number of benzene rings is 1. The van der Waals surface area contributed by atoms with E-state index in [0.717, 1.165) is 43.5 Å². The lowest BCUT2D eigenvalue weighted by atomic mass is 10.1. The molecule has 6 heteroatoms. The highest BCUT2D eigenvalue weighted by atomic mass is 16.5. The molecule has 1 atom stereocenters. The Morgan fingerprint density at radius 3 is 2.59 bits per heavy atom. The molecule has 162 valence electrons. The summed E-state index contributed by atoms with van der Waals surface area (Å²) in [5, 5.41) is 6.86. The molecule has 0 radical (unpaired) electrons. The fourth-order valence-corrected chi connectivity index (χ4v) is 3.49. The van der Waals surface area contributed by atoms with Crippen molar-refractivity contribution in [3.05, 3.63) is 42.5 Å². The Morgan fingerprint density at radius 1 is 1.17 bits per heavy atom. The van der Waals surface area contributed by atoms with Gasteiger partial charge in [-0.05, 0) is 25.5 Å². The van der Waals surface area contributed by atoms with E-state index in [4.69, 9.17) is 9.73 Å². The molecule has 2 rings (SSSR count). The van der Waals surface area contributed by atoms with Crippen LogP contribution in [0.3, 0.4) is 0 Å². The Hall–Kier alpha value is -2.05.